The lowest BCUT2D eigenvalue weighted by Gasteiger charge is -2.21. The van der Waals surface area contributed by atoms with Gasteiger partial charge in [-0.05, 0) is 60.7 Å². The van der Waals surface area contributed by atoms with Crippen molar-refractivity contribution >= 4 is 22.0 Å². The molecule has 1 aromatic heterocycles. The molecule has 2 atom stereocenters. The van der Waals surface area contributed by atoms with Crippen molar-refractivity contribution in [3.05, 3.63) is 97.1 Å². The van der Waals surface area contributed by atoms with Crippen LogP contribution in [0.5, 0.6) is 5.88 Å². The third-order valence-corrected chi connectivity index (χ3v) is 6.07. The first kappa shape index (κ1) is 23.8. The van der Waals surface area contributed by atoms with Crippen LogP contribution in [0.4, 0.5) is 4.79 Å². The van der Waals surface area contributed by atoms with E-state index in [9.17, 15) is 14.4 Å². The number of ether oxygens (including phenoxy) is 2. The van der Waals surface area contributed by atoms with Gasteiger partial charge in [-0.3, -0.25) is 9.36 Å². The number of aryl methyl sites for hydroxylation is 1. The zero-order valence-electron chi connectivity index (χ0n) is 19.2. The van der Waals surface area contributed by atoms with E-state index in [2.05, 4.69) is 21.4 Å². The number of nitrogens with one attached hydrogen (secondary N) is 1. The van der Waals surface area contributed by atoms with Crippen molar-refractivity contribution in [3.63, 3.8) is 0 Å². The predicted molar refractivity (Wildman–Crippen MR) is 132 cm³/mol. The number of carbonyl (C=O) groups excluding carboxylic acids is 1. The van der Waals surface area contributed by atoms with Gasteiger partial charge in [0.25, 0.3) is 5.56 Å². The van der Waals surface area contributed by atoms with Crippen LogP contribution in [0.25, 0.3) is 0 Å². The molecule has 0 fully saturated rings. The normalized spacial score (nSPS) is 17.1. The van der Waals surface area contributed by atoms with Gasteiger partial charge in [0.2, 0.25) is 5.88 Å². The van der Waals surface area contributed by atoms with Crippen LogP contribution in [0.2, 0.25) is 0 Å². The van der Waals surface area contributed by atoms with Crippen LogP contribution in [0.1, 0.15) is 44.4 Å². The first-order chi connectivity index (χ1) is 16.2. The summed E-state index contributed by atoms with van der Waals surface area (Å²) in [5.74, 6) is 0.143. The Morgan fingerprint density at radius 3 is 2.29 bits per heavy atom. The molecule has 1 aliphatic rings. The van der Waals surface area contributed by atoms with E-state index >= 15 is 0 Å². The zero-order chi connectivity index (χ0) is 24.5. The molecule has 0 bridgehead atoms. The molecule has 8 nitrogen and oxygen atoms in total. The molecule has 0 saturated heterocycles. The molecule has 2 heterocycles. The van der Waals surface area contributed by atoms with Gasteiger partial charge in [0.05, 0.1) is 0 Å². The number of aromatic nitrogens is 2. The number of carbonyl (C=O) groups is 1. The van der Waals surface area contributed by atoms with Crippen LogP contribution < -0.4 is 21.4 Å². The van der Waals surface area contributed by atoms with Gasteiger partial charge in [0.15, 0.2) is 0 Å². The van der Waals surface area contributed by atoms with E-state index in [1.165, 1.54) is 4.57 Å². The minimum absolute atomic E-state index is 0.0475. The maximum absolute atomic E-state index is 13.5. The average molecular weight is 528 g/mol. The fourth-order valence-corrected chi connectivity index (χ4v) is 4.44. The van der Waals surface area contributed by atoms with Gasteiger partial charge in [-0.2, -0.15) is 4.68 Å². The lowest BCUT2D eigenvalue weighted by Crippen LogP contribution is -2.48. The number of rotatable bonds is 5. The Morgan fingerprint density at radius 1 is 1.06 bits per heavy atom. The van der Waals surface area contributed by atoms with Gasteiger partial charge < -0.3 is 9.47 Å². The standard InChI is InChI=1S/C25H26BrN3O5/c1-25(2,3)34-23(31)27-29-21(30)19(26)22-28(24(29)32)20(17-12-8-5-9-13-17)18(33-22)15-14-16-10-6-4-7-11-16/h4-13,18,20H,14-15H2,1-3H3,(H,27,31)/t18-,20?/m1/s1. The molecule has 178 valence electrons. The summed E-state index contributed by atoms with van der Waals surface area (Å²) in [6.45, 7) is 5.08. The molecule has 1 aliphatic heterocycles. The minimum atomic E-state index is -0.907. The summed E-state index contributed by atoms with van der Waals surface area (Å²) < 4.78 is 13.5. The summed E-state index contributed by atoms with van der Waals surface area (Å²) in [4.78, 5) is 38.8. The highest BCUT2D eigenvalue weighted by Crippen LogP contribution is 2.38. The molecule has 1 N–H and O–H groups in total. The average Bonchev–Trinajstić information content (AvgIpc) is 3.19. The molecule has 0 saturated carbocycles. The molecular weight excluding hydrogens is 502 g/mol. The number of amides is 1. The fourth-order valence-electron chi connectivity index (χ4n) is 3.98. The van der Waals surface area contributed by atoms with E-state index < -0.39 is 35.1 Å². The molecule has 3 aromatic rings. The van der Waals surface area contributed by atoms with Crippen molar-refractivity contribution in [1.29, 1.82) is 0 Å². The molecule has 0 aliphatic carbocycles. The molecule has 0 spiro atoms. The van der Waals surface area contributed by atoms with E-state index in [1.54, 1.807) is 20.8 Å². The number of hydrogen-bond donors (Lipinski definition) is 1. The molecule has 2 aromatic carbocycles. The maximum atomic E-state index is 13.5. The van der Waals surface area contributed by atoms with Gasteiger partial charge in [-0.1, -0.05) is 60.7 Å². The van der Waals surface area contributed by atoms with Crippen LogP contribution >= 0.6 is 15.9 Å². The van der Waals surface area contributed by atoms with E-state index in [4.69, 9.17) is 9.47 Å². The van der Waals surface area contributed by atoms with E-state index in [0.29, 0.717) is 11.1 Å². The molecule has 9 heteroatoms. The maximum Gasteiger partial charge on any atom is 0.427 e. The SMILES string of the molecule is CC(C)(C)OC(=O)Nn1c(=O)c(Br)c2n(c1=O)C(c1ccccc1)[C@@H](CCc1ccccc1)O2. The second-order valence-corrected chi connectivity index (χ2v) is 9.86. The Bertz CT molecular complexity index is 1300. The van der Waals surface area contributed by atoms with Crippen LogP contribution in [0.15, 0.2) is 74.7 Å². The van der Waals surface area contributed by atoms with Gasteiger partial charge in [-0.25, -0.2) is 15.0 Å². The largest absolute Gasteiger partial charge is 0.472 e. The van der Waals surface area contributed by atoms with Crippen LogP contribution in [-0.4, -0.2) is 27.0 Å². The summed E-state index contributed by atoms with van der Waals surface area (Å²) in [5.41, 5.74) is 2.03. The summed E-state index contributed by atoms with van der Waals surface area (Å²) >= 11 is 3.28. The van der Waals surface area contributed by atoms with Crippen molar-refractivity contribution in [2.45, 2.75) is 51.4 Å². The molecule has 34 heavy (non-hydrogen) atoms. The van der Waals surface area contributed by atoms with Gasteiger partial charge in [-0.15, -0.1) is 0 Å². The minimum Gasteiger partial charge on any atom is -0.472 e. The number of halogens is 1. The Balaban J connectivity index is 1.75. The van der Waals surface area contributed by atoms with Crippen molar-refractivity contribution < 1.29 is 14.3 Å². The summed E-state index contributed by atoms with van der Waals surface area (Å²) in [5, 5.41) is 0. The summed E-state index contributed by atoms with van der Waals surface area (Å²) in [6, 6.07) is 19.0. The fraction of sp³-hybridized carbons (Fsp3) is 0.320. The van der Waals surface area contributed by atoms with Crippen LogP contribution in [0.3, 0.4) is 0 Å². The van der Waals surface area contributed by atoms with Crippen molar-refractivity contribution in [3.8, 4) is 5.88 Å². The van der Waals surface area contributed by atoms with E-state index in [0.717, 1.165) is 17.5 Å². The molecule has 0 radical (unpaired) electrons. The van der Waals surface area contributed by atoms with Crippen LogP contribution in [-0.2, 0) is 11.2 Å². The smallest absolute Gasteiger partial charge is 0.427 e. The number of nitrogens with zero attached hydrogens (tertiary/aromatic N) is 2. The molecule has 1 unspecified atom stereocenters. The van der Waals surface area contributed by atoms with E-state index in [1.807, 2.05) is 60.7 Å². The Labute approximate surface area is 205 Å². The number of hydrogen-bond acceptors (Lipinski definition) is 5. The monoisotopic (exact) mass is 527 g/mol. The van der Waals surface area contributed by atoms with Gasteiger partial charge in [0, 0.05) is 0 Å². The second-order valence-electron chi connectivity index (χ2n) is 9.06. The lowest BCUT2D eigenvalue weighted by atomic mass is 9.96. The topological polar surface area (TPSA) is 91.6 Å². The Morgan fingerprint density at radius 2 is 1.68 bits per heavy atom. The molecule has 4 rings (SSSR count). The number of fused-ring (bicyclic) bond motifs is 1. The Kier molecular flexibility index (Phi) is 6.65. The quantitative estimate of drug-likeness (QED) is 0.535. The predicted octanol–water partition coefficient (Wildman–Crippen LogP) is 4.23. The summed E-state index contributed by atoms with van der Waals surface area (Å²) in [6.07, 6.45) is 0.0405. The third kappa shape index (κ3) is 4.94. The summed E-state index contributed by atoms with van der Waals surface area (Å²) in [7, 11) is 0. The third-order valence-electron chi connectivity index (χ3n) is 5.39. The highest BCUT2D eigenvalue weighted by atomic mass is 79.9. The first-order valence-electron chi connectivity index (χ1n) is 11.0. The van der Waals surface area contributed by atoms with Crippen molar-refractivity contribution in [2.24, 2.45) is 0 Å². The zero-order valence-corrected chi connectivity index (χ0v) is 20.7. The second kappa shape index (κ2) is 9.50. The highest BCUT2D eigenvalue weighted by Gasteiger charge is 2.39. The lowest BCUT2D eigenvalue weighted by molar-refractivity contribution is 0.0610. The molecule has 1 amide bonds. The number of benzene rings is 2. The van der Waals surface area contributed by atoms with Gasteiger partial charge in [0.1, 0.15) is 22.2 Å². The van der Waals surface area contributed by atoms with Crippen LogP contribution in [0, 0.1) is 0 Å². The molecular formula is C25H26BrN3O5. The van der Waals surface area contributed by atoms with Crippen molar-refractivity contribution in [2.75, 3.05) is 5.43 Å². The van der Waals surface area contributed by atoms with Gasteiger partial charge >= 0.3 is 11.8 Å². The van der Waals surface area contributed by atoms with E-state index in [-0.39, 0.29) is 10.4 Å². The Hall–Kier alpha value is -3.33. The first-order valence-corrected chi connectivity index (χ1v) is 11.8. The highest BCUT2D eigenvalue weighted by molar-refractivity contribution is 9.10. The van der Waals surface area contributed by atoms with Crippen molar-refractivity contribution in [1.82, 2.24) is 9.24 Å².